The van der Waals surface area contributed by atoms with Crippen LogP contribution in [0.25, 0.3) is 12.2 Å². The Morgan fingerprint density at radius 2 is 0.907 bits per heavy atom. The Labute approximate surface area is 520 Å². The molecule has 3 aromatic carbocycles. The molecule has 15 heteroatoms. The number of methoxy groups -OCH3 is 2. The topological polar surface area (TPSA) is 181 Å². The van der Waals surface area contributed by atoms with Crippen molar-refractivity contribution >= 4 is 36.0 Å². The van der Waals surface area contributed by atoms with E-state index < -0.39 is 18.0 Å². The van der Waals surface area contributed by atoms with Crippen molar-refractivity contribution in [1.29, 1.82) is 0 Å². The zero-order valence-corrected chi connectivity index (χ0v) is 51.4. The fourth-order valence-electron chi connectivity index (χ4n) is 8.01. The molecule has 15 nitrogen and oxygen atoms in total. The summed E-state index contributed by atoms with van der Waals surface area (Å²) in [5, 5.41) is 9.80. The fraction of sp³-hybridized carbons (Fsp3) is 0.606. The summed E-state index contributed by atoms with van der Waals surface area (Å²) in [4.78, 5) is 50.3. The zero-order valence-electron chi connectivity index (χ0n) is 51.4. The number of carbonyl (C=O) groups is 4. The van der Waals surface area contributed by atoms with Crippen LogP contribution in [0.15, 0.2) is 73.2 Å². The van der Waals surface area contributed by atoms with Crippen LogP contribution in [-0.2, 0) is 44.7 Å². The number of benzene rings is 3. The highest BCUT2D eigenvalue weighted by Gasteiger charge is 2.27. The smallest absolute Gasteiger partial charge is 0.336 e. The molecule has 86 heavy (non-hydrogen) atoms. The molecule has 3 atom stereocenters. The Morgan fingerprint density at radius 1 is 0.500 bits per heavy atom. The van der Waals surface area contributed by atoms with Crippen LogP contribution < -0.4 is 28.4 Å². The molecule has 0 aromatic heterocycles. The van der Waals surface area contributed by atoms with Crippen molar-refractivity contribution in [2.75, 3.05) is 47.3 Å². The molecule has 490 valence electrons. The van der Waals surface area contributed by atoms with Crippen molar-refractivity contribution < 1.29 is 71.7 Å². The van der Waals surface area contributed by atoms with Crippen LogP contribution in [0.2, 0.25) is 0 Å². The number of hydrogen-bond donors (Lipinski definition) is 1. The molecule has 0 aliphatic rings. The van der Waals surface area contributed by atoms with Gasteiger partial charge in [0.25, 0.3) is 5.95 Å². The average molecular weight is 1210 g/mol. The van der Waals surface area contributed by atoms with E-state index in [4.69, 9.17) is 42.6 Å². The molecule has 3 rings (SSSR count). The molecule has 0 bridgehead atoms. The highest BCUT2D eigenvalue weighted by molar-refractivity contribution is 5.90. The molecule has 0 fully saturated rings. The third-order valence-electron chi connectivity index (χ3n) is 13.5. The van der Waals surface area contributed by atoms with E-state index in [9.17, 15) is 24.3 Å². The number of aliphatic hydroxyl groups is 1. The lowest BCUT2D eigenvalue weighted by Gasteiger charge is -2.25. The van der Waals surface area contributed by atoms with Crippen molar-refractivity contribution in [2.24, 2.45) is 11.8 Å². The number of hydrogen-bond acceptors (Lipinski definition) is 15. The largest absolute Gasteiger partial charge is 0.489 e. The molecule has 1 N–H and O–H groups in total. The summed E-state index contributed by atoms with van der Waals surface area (Å²) in [5.74, 6) is 0.689. The van der Waals surface area contributed by atoms with Gasteiger partial charge in [-0.25, -0.2) is 9.59 Å². The maximum Gasteiger partial charge on any atom is 0.336 e. The number of carbonyl (C=O) groups excluding carboxylic acids is 4. The van der Waals surface area contributed by atoms with Gasteiger partial charge < -0.3 is 52.5 Å². The zero-order chi connectivity index (χ0) is 60.3. The van der Waals surface area contributed by atoms with Crippen LogP contribution in [0, 0.1) is 11.8 Å². The van der Waals surface area contributed by atoms with Crippen LogP contribution in [0.4, 0.5) is 0 Å². The van der Waals surface area contributed by atoms with Crippen molar-refractivity contribution in [3.8, 4) is 34.5 Å². The molecule has 0 radical (unpaired) electrons. The summed E-state index contributed by atoms with van der Waals surface area (Å²) in [6.45, 7) is 21.9. The number of rotatable bonds is 43. The lowest BCUT2D eigenvalue weighted by atomic mass is 9.99. The normalized spacial score (nSPS) is 11.6. The summed E-state index contributed by atoms with van der Waals surface area (Å²) < 4.78 is 58.5. The van der Waals surface area contributed by atoms with E-state index >= 15 is 0 Å². The minimum absolute atomic E-state index is 0. The van der Waals surface area contributed by atoms with Crippen molar-refractivity contribution in [1.82, 2.24) is 0 Å². The van der Waals surface area contributed by atoms with E-state index in [0.717, 1.165) is 115 Å². The molecule has 0 heterocycles. The van der Waals surface area contributed by atoms with Crippen LogP contribution in [0.3, 0.4) is 0 Å². The van der Waals surface area contributed by atoms with Crippen LogP contribution in [-0.4, -0.2) is 76.2 Å². The summed E-state index contributed by atoms with van der Waals surface area (Å²) >= 11 is 0. The van der Waals surface area contributed by atoms with Gasteiger partial charge >= 0.3 is 23.9 Å². The molecule has 0 saturated carbocycles. The third kappa shape index (κ3) is 33.4. The van der Waals surface area contributed by atoms with Crippen LogP contribution in [0.5, 0.6) is 34.5 Å². The summed E-state index contributed by atoms with van der Waals surface area (Å²) in [5.41, 5.74) is 2.64. The molecule has 3 aromatic rings. The van der Waals surface area contributed by atoms with Gasteiger partial charge in [-0.2, -0.15) is 0 Å². The highest BCUT2D eigenvalue weighted by atomic mass is 16.7. The van der Waals surface area contributed by atoms with Crippen molar-refractivity contribution in [3.63, 3.8) is 0 Å². The van der Waals surface area contributed by atoms with Crippen LogP contribution >= 0.6 is 0 Å². The molecule has 0 spiro atoms. The molecular weight excluding hydrogens is 1090 g/mol. The minimum Gasteiger partial charge on any atom is -0.489 e. The van der Waals surface area contributed by atoms with Gasteiger partial charge in [0.05, 0.1) is 52.5 Å². The molecule has 3 unspecified atom stereocenters. The summed E-state index contributed by atoms with van der Waals surface area (Å²) in [6, 6.07) is 13.6. The highest BCUT2D eigenvalue weighted by Crippen LogP contribution is 2.43. The Morgan fingerprint density at radius 3 is 1.30 bits per heavy atom. The quantitative estimate of drug-likeness (QED) is 0.0186. The van der Waals surface area contributed by atoms with Gasteiger partial charge in [0.15, 0.2) is 23.0 Å². The Kier molecular flexibility index (Phi) is 50.4. The van der Waals surface area contributed by atoms with Gasteiger partial charge in [0.1, 0.15) is 24.2 Å². The predicted molar refractivity (Wildman–Crippen MR) is 351 cm³/mol. The maximum atomic E-state index is 13.3. The first kappa shape index (κ1) is 83.7. The van der Waals surface area contributed by atoms with E-state index in [-0.39, 0.29) is 84.1 Å². The van der Waals surface area contributed by atoms with E-state index in [1.165, 1.54) is 26.4 Å². The second kappa shape index (κ2) is 51.7. The van der Waals surface area contributed by atoms with E-state index in [1.54, 1.807) is 36.4 Å². The molecule has 0 aliphatic carbocycles. The number of ether oxygens (including phenoxy) is 10. The lowest BCUT2D eigenvalue weighted by molar-refractivity contribution is -0.154. The Bertz CT molecular complexity index is 2340. The van der Waals surface area contributed by atoms with Gasteiger partial charge in [-0.05, 0) is 94.4 Å². The first-order valence-electron chi connectivity index (χ1n) is 30.2. The molecule has 0 aliphatic heterocycles. The summed E-state index contributed by atoms with van der Waals surface area (Å²) in [6.07, 6.45) is 23.7. The Hall–Kier alpha value is -6.48. The first-order chi connectivity index (χ1) is 39.7. The second-order valence-corrected chi connectivity index (χ2v) is 20.3. The fourth-order valence-corrected chi connectivity index (χ4v) is 8.01. The van der Waals surface area contributed by atoms with Gasteiger partial charge in [-0.3, -0.25) is 9.59 Å². The maximum absolute atomic E-state index is 13.3. The van der Waals surface area contributed by atoms with Gasteiger partial charge in [-0.15, -0.1) is 0 Å². The van der Waals surface area contributed by atoms with Gasteiger partial charge in [0, 0.05) is 41.0 Å². The number of esters is 4. The van der Waals surface area contributed by atoms with E-state index in [0.29, 0.717) is 85.4 Å². The lowest BCUT2D eigenvalue weighted by Crippen LogP contribution is -2.19. The SMILES string of the molecule is C.C.C.C.C=C(OC)OCc1ccc(/C=C/C(=O)Oc2ccc(OC(=O)/C=C/c3ccc(C(CCCO)OC(=O)C(C)CC)c(OCCCCCC)c3OCCCCCC)cc2)c(OCCCCCC)c1OCCCCCC.CCC(C)C(=O)OC. The predicted octanol–water partition coefficient (Wildman–Crippen LogP) is 18.5. The summed E-state index contributed by atoms with van der Waals surface area (Å²) in [7, 11) is 2.91. The van der Waals surface area contributed by atoms with Crippen LogP contribution in [0.1, 0.15) is 242 Å². The number of aliphatic hydroxyl groups excluding tert-OH is 1. The number of unbranched alkanes of at least 4 members (excludes halogenated alkanes) is 12. The third-order valence-corrected chi connectivity index (χ3v) is 13.5. The standard InChI is InChI=1S/C61H88O13.C6H12O2.4CH4/c1-9-14-18-22-41-67-57-48(28-29-50(45-71-47(7)66-8)59(57)69-43-24-20-16-11-3)31-38-55(63)72-51-33-35-52(36-34-51)73-56(64)39-32-49-30-37-53(54(27-26-40-62)74-61(65)46(6)13-5)60(70-44-25-21-17-12-4)58(49)68-42-23-19-15-10-2;1-4-5(2)6(7)8-3;;;;/h28-39,46,54,62H,7,9-27,40-45H2,1-6,8H3;5H,4H2,1-3H3;4*1H4/b38-31+,39-32+;;;;;. The second-order valence-electron chi connectivity index (χ2n) is 20.3. The van der Waals surface area contributed by atoms with Crippen molar-refractivity contribution in [2.45, 2.75) is 226 Å². The average Bonchev–Trinajstić information content (AvgIpc) is 2.47. The molecule has 0 saturated heterocycles. The first-order valence-corrected chi connectivity index (χ1v) is 30.2. The van der Waals surface area contributed by atoms with Gasteiger partial charge in [0.2, 0.25) is 0 Å². The van der Waals surface area contributed by atoms with Gasteiger partial charge in [-0.1, -0.05) is 186 Å². The monoisotopic (exact) mass is 1210 g/mol. The minimum atomic E-state index is -0.681. The Balaban J connectivity index is -0.00000533. The van der Waals surface area contributed by atoms with E-state index in [2.05, 4.69) is 39.0 Å². The molecule has 0 amide bonds. The van der Waals surface area contributed by atoms with E-state index in [1.807, 2.05) is 52.0 Å². The molecular formula is C71H116O15. The van der Waals surface area contributed by atoms with Crippen molar-refractivity contribution in [3.05, 3.63) is 95.5 Å².